The first kappa shape index (κ1) is 13.3. The monoisotopic (exact) mass is 272 g/mol. The summed E-state index contributed by atoms with van der Waals surface area (Å²) in [5.41, 5.74) is 6.76. The Morgan fingerprint density at radius 2 is 2.00 bits per heavy atom. The van der Waals surface area contributed by atoms with Gasteiger partial charge in [0, 0.05) is 11.9 Å². The van der Waals surface area contributed by atoms with Crippen LogP contribution in [0.5, 0.6) is 0 Å². The zero-order valence-electron chi connectivity index (χ0n) is 10.9. The summed E-state index contributed by atoms with van der Waals surface area (Å²) in [6.45, 7) is 3.94. The molecule has 0 aliphatic heterocycles. The van der Waals surface area contributed by atoms with E-state index >= 15 is 0 Å². The zero-order valence-corrected chi connectivity index (χ0v) is 11.7. The zero-order chi connectivity index (χ0) is 13.7. The molecule has 0 amide bonds. The van der Waals surface area contributed by atoms with E-state index in [2.05, 4.69) is 20.8 Å². The first-order valence-corrected chi connectivity index (χ1v) is 6.38. The number of aromatic amines is 1. The first-order valence-electron chi connectivity index (χ1n) is 5.97. The van der Waals surface area contributed by atoms with Gasteiger partial charge in [-0.3, -0.25) is 5.43 Å². The summed E-state index contributed by atoms with van der Waals surface area (Å²) in [6, 6.07) is 11.8. The van der Waals surface area contributed by atoms with Gasteiger partial charge in [0.1, 0.15) is 0 Å². The Kier molecular flexibility index (Phi) is 4.30. The topological polar surface area (TPSA) is 52.2 Å². The van der Waals surface area contributed by atoms with Crippen molar-refractivity contribution in [2.45, 2.75) is 13.8 Å². The lowest BCUT2D eigenvalue weighted by Gasteiger charge is -2.09. The lowest BCUT2D eigenvalue weighted by molar-refractivity contribution is 1.03. The highest BCUT2D eigenvalue weighted by molar-refractivity contribution is 7.80. The van der Waals surface area contributed by atoms with Crippen LogP contribution in [0.2, 0.25) is 0 Å². The first-order chi connectivity index (χ1) is 9.16. The number of anilines is 1. The van der Waals surface area contributed by atoms with Crippen molar-refractivity contribution in [3.05, 3.63) is 53.9 Å². The maximum atomic E-state index is 5.20. The van der Waals surface area contributed by atoms with Crippen LogP contribution >= 0.6 is 12.2 Å². The maximum absolute atomic E-state index is 5.20. The molecule has 4 nitrogen and oxygen atoms in total. The molecule has 0 aliphatic carbocycles. The van der Waals surface area contributed by atoms with Gasteiger partial charge in [-0.15, -0.1) is 0 Å². The molecular weight excluding hydrogens is 256 g/mol. The number of rotatable bonds is 3. The number of hydrazone groups is 1. The minimum atomic E-state index is 0.472. The van der Waals surface area contributed by atoms with E-state index in [0.717, 1.165) is 22.7 Å². The van der Waals surface area contributed by atoms with Crippen molar-refractivity contribution in [2.24, 2.45) is 5.10 Å². The van der Waals surface area contributed by atoms with Gasteiger partial charge in [-0.05, 0) is 49.8 Å². The van der Waals surface area contributed by atoms with Crippen LogP contribution in [0.1, 0.15) is 18.2 Å². The molecule has 1 aromatic carbocycles. The summed E-state index contributed by atoms with van der Waals surface area (Å²) in [5.74, 6) is 0. The third-order valence-corrected chi connectivity index (χ3v) is 2.90. The van der Waals surface area contributed by atoms with Crippen molar-refractivity contribution in [1.82, 2.24) is 10.4 Å². The van der Waals surface area contributed by atoms with Crippen LogP contribution in [0.15, 0.2) is 47.7 Å². The summed E-state index contributed by atoms with van der Waals surface area (Å²) < 4.78 is 0. The normalized spacial score (nSPS) is 11.2. The van der Waals surface area contributed by atoms with E-state index in [1.807, 2.05) is 56.4 Å². The summed E-state index contributed by atoms with van der Waals surface area (Å²) in [4.78, 5) is 3.08. The molecule has 1 aromatic heterocycles. The number of hydrogen-bond donors (Lipinski definition) is 3. The highest BCUT2D eigenvalue weighted by atomic mass is 32.1. The minimum Gasteiger partial charge on any atom is -0.360 e. The molecule has 1 heterocycles. The molecule has 0 atom stereocenters. The Morgan fingerprint density at radius 3 is 2.68 bits per heavy atom. The summed E-state index contributed by atoms with van der Waals surface area (Å²) in [6.07, 6.45) is 1.86. The van der Waals surface area contributed by atoms with E-state index in [-0.39, 0.29) is 0 Å². The molecular formula is C14H16N4S. The third kappa shape index (κ3) is 3.66. The van der Waals surface area contributed by atoms with E-state index < -0.39 is 0 Å². The third-order valence-electron chi connectivity index (χ3n) is 2.71. The Labute approximate surface area is 117 Å². The average Bonchev–Trinajstić information content (AvgIpc) is 2.93. The maximum Gasteiger partial charge on any atom is 0.191 e. The number of aryl methyl sites for hydroxylation is 1. The fourth-order valence-corrected chi connectivity index (χ4v) is 1.77. The molecule has 19 heavy (non-hydrogen) atoms. The lowest BCUT2D eigenvalue weighted by Crippen LogP contribution is -2.25. The highest BCUT2D eigenvalue weighted by Crippen LogP contribution is 2.12. The Balaban J connectivity index is 1.96. The second-order valence-corrected chi connectivity index (χ2v) is 4.57. The van der Waals surface area contributed by atoms with Gasteiger partial charge >= 0.3 is 0 Å². The number of para-hydroxylation sites is 1. The van der Waals surface area contributed by atoms with Crippen LogP contribution in [-0.2, 0) is 0 Å². The van der Waals surface area contributed by atoms with Crippen molar-refractivity contribution >= 4 is 28.7 Å². The van der Waals surface area contributed by atoms with Crippen LogP contribution in [0, 0.1) is 6.92 Å². The molecule has 0 fully saturated rings. The number of nitrogens with one attached hydrogen (secondary N) is 3. The van der Waals surface area contributed by atoms with E-state index in [0.29, 0.717) is 5.11 Å². The van der Waals surface area contributed by atoms with Crippen LogP contribution < -0.4 is 10.7 Å². The van der Waals surface area contributed by atoms with Crippen LogP contribution in [-0.4, -0.2) is 15.8 Å². The molecule has 2 rings (SSSR count). The van der Waals surface area contributed by atoms with Gasteiger partial charge < -0.3 is 10.3 Å². The van der Waals surface area contributed by atoms with E-state index in [1.54, 1.807) is 0 Å². The van der Waals surface area contributed by atoms with E-state index in [4.69, 9.17) is 12.2 Å². The summed E-state index contributed by atoms with van der Waals surface area (Å²) in [7, 11) is 0. The number of hydrogen-bond acceptors (Lipinski definition) is 2. The fraction of sp³-hybridized carbons (Fsp3) is 0.143. The van der Waals surface area contributed by atoms with Gasteiger partial charge in [0.05, 0.1) is 11.4 Å². The predicted octanol–water partition coefficient (Wildman–Crippen LogP) is 3.03. The van der Waals surface area contributed by atoms with Crippen LogP contribution in [0.3, 0.4) is 0 Å². The molecule has 0 saturated heterocycles. The quantitative estimate of drug-likeness (QED) is 0.457. The summed E-state index contributed by atoms with van der Waals surface area (Å²) in [5, 5.41) is 7.81. The SMILES string of the molecule is C/C(=N\NC(=S)Nc1ccccc1C)c1ccc[nH]1. The summed E-state index contributed by atoms with van der Waals surface area (Å²) >= 11 is 5.20. The Hall–Kier alpha value is -2.14. The van der Waals surface area contributed by atoms with Crippen molar-refractivity contribution in [3.8, 4) is 0 Å². The van der Waals surface area contributed by atoms with Crippen LogP contribution in [0.25, 0.3) is 0 Å². The molecule has 0 radical (unpaired) electrons. The highest BCUT2D eigenvalue weighted by Gasteiger charge is 2.00. The van der Waals surface area contributed by atoms with Gasteiger partial charge in [0.25, 0.3) is 0 Å². The van der Waals surface area contributed by atoms with Gasteiger partial charge in [-0.1, -0.05) is 18.2 Å². The molecule has 3 N–H and O–H groups in total. The Morgan fingerprint density at radius 1 is 1.21 bits per heavy atom. The molecule has 0 aliphatic rings. The van der Waals surface area contributed by atoms with E-state index in [9.17, 15) is 0 Å². The molecule has 0 saturated carbocycles. The van der Waals surface area contributed by atoms with Gasteiger partial charge in [0.2, 0.25) is 0 Å². The largest absolute Gasteiger partial charge is 0.360 e. The lowest BCUT2D eigenvalue weighted by atomic mass is 10.2. The minimum absolute atomic E-state index is 0.472. The van der Waals surface area contributed by atoms with Gasteiger partial charge in [-0.2, -0.15) is 5.10 Å². The number of H-pyrrole nitrogens is 1. The molecule has 2 aromatic rings. The molecule has 0 bridgehead atoms. The molecule has 0 spiro atoms. The number of benzene rings is 1. The second-order valence-electron chi connectivity index (χ2n) is 4.16. The second kappa shape index (κ2) is 6.15. The van der Waals surface area contributed by atoms with Crippen molar-refractivity contribution < 1.29 is 0 Å². The van der Waals surface area contributed by atoms with Crippen molar-refractivity contribution in [2.75, 3.05) is 5.32 Å². The van der Waals surface area contributed by atoms with Crippen molar-refractivity contribution in [1.29, 1.82) is 0 Å². The van der Waals surface area contributed by atoms with Gasteiger partial charge in [0.15, 0.2) is 5.11 Å². The molecule has 5 heteroatoms. The number of nitrogens with zero attached hydrogens (tertiary/aromatic N) is 1. The predicted molar refractivity (Wildman–Crippen MR) is 83.5 cm³/mol. The number of aromatic nitrogens is 1. The van der Waals surface area contributed by atoms with Crippen molar-refractivity contribution in [3.63, 3.8) is 0 Å². The van der Waals surface area contributed by atoms with E-state index in [1.165, 1.54) is 0 Å². The Bertz CT molecular complexity index is 587. The average molecular weight is 272 g/mol. The fourth-order valence-electron chi connectivity index (χ4n) is 1.61. The molecule has 98 valence electrons. The smallest absolute Gasteiger partial charge is 0.191 e. The van der Waals surface area contributed by atoms with Crippen LogP contribution in [0.4, 0.5) is 5.69 Å². The standard InChI is InChI=1S/C14H16N4S/c1-10-6-3-4-7-12(10)16-14(19)18-17-11(2)13-8-5-9-15-13/h3-9,15H,1-2H3,(H2,16,18,19)/b17-11+. The van der Waals surface area contributed by atoms with Gasteiger partial charge in [-0.25, -0.2) is 0 Å². The number of thiocarbonyl (C=S) groups is 1. The molecule has 0 unspecified atom stereocenters.